The lowest BCUT2D eigenvalue weighted by Gasteiger charge is -2.25. The lowest BCUT2D eigenvalue weighted by molar-refractivity contribution is 0.0647. The molecule has 9 heteroatoms. The normalized spacial score (nSPS) is 20.9. The van der Waals surface area contributed by atoms with Gasteiger partial charge in [-0.25, -0.2) is 4.68 Å². The zero-order valence-electron chi connectivity index (χ0n) is 19.4. The number of hydrogen-bond acceptors (Lipinski definition) is 7. The molecule has 2 fully saturated rings. The van der Waals surface area contributed by atoms with Crippen LogP contribution in [0.2, 0.25) is 0 Å². The van der Waals surface area contributed by atoms with Crippen molar-refractivity contribution in [3.8, 4) is 0 Å². The average Bonchev–Trinajstić information content (AvgIpc) is 3.57. The van der Waals surface area contributed by atoms with Crippen LogP contribution in [0.15, 0.2) is 23.0 Å². The van der Waals surface area contributed by atoms with E-state index in [1.165, 1.54) is 0 Å². The standard InChI is InChI=1S/C24H32N6O3/c1-16-7-8-17(2)23-21(16)11-18(24(31)25-23)12-29(13-19-5-3-9-32-19)15-22-26-27-28-30(22)14-20-6-4-10-33-20/h7-8,11,19-20H,3-6,9-10,12-15H2,1-2H3,(H,25,31). The molecule has 2 aliphatic rings. The van der Waals surface area contributed by atoms with Crippen LogP contribution in [0, 0.1) is 13.8 Å². The first-order chi connectivity index (χ1) is 16.1. The van der Waals surface area contributed by atoms with Crippen LogP contribution in [-0.4, -0.2) is 62.1 Å². The summed E-state index contributed by atoms with van der Waals surface area (Å²) in [5.74, 6) is 0.785. The van der Waals surface area contributed by atoms with Crippen molar-refractivity contribution in [1.29, 1.82) is 0 Å². The summed E-state index contributed by atoms with van der Waals surface area (Å²) < 4.78 is 13.5. The highest BCUT2D eigenvalue weighted by Crippen LogP contribution is 2.22. The first-order valence-electron chi connectivity index (χ1n) is 11.9. The molecule has 0 spiro atoms. The van der Waals surface area contributed by atoms with Crippen LogP contribution in [0.4, 0.5) is 0 Å². The molecule has 0 bridgehead atoms. The molecule has 2 saturated heterocycles. The fourth-order valence-electron chi connectivity index (χ4n) is 4.90. The van der Waals surface area contributed by atoms with E-state index in [1.807, 2.05) is 23.7 Å². The van der Waals surface area contributed by atoms with Gasteiger partial charge >= 0.3 is 0 Å². The number of pyridine rings is 1. The Bertz CT molecular complexity index is 1160. The van der Waals surface area contributed by atoms with E-state index < -0.39 is 0 Å². The van der Waals surface area contributed by atoms with Crippen molar-refractivity contribution in [1.82, 2.24) is 30.1 Å². The maximum absolute atomic E-state index is 13.0. The summed E-state index contributed by atoms with van der Waals surface area (Å²) in [6.45, 7) is 8.14. The second-order valence-corrected chi connectivity index (χ2v) is 9.33. The minimum atomic E-state index is -0.0486. The molecule has 2 atom stereocenters. The van der Waals surface area contributed by atoms with Crippen LogP contribution >= 0.6 is 0 Å². The number of tetrazole rings is 1. The van der Waals surface area contributed by atoms with E-state index in [1.54, 1.807) is 0 Å². The number of nitrogens with zero attached hydrogens (tertiary/aromatic N) is 5. The molecule has 176 valence electrons. The van der Waals surface area contributed by atoms with Gasteiger partial charge in [-0.3, -0.25) is 9.69 Å². The van der Waals surface area contributed by atoms with E-state index in [2.05, 4.69) is 38.4 Å². The van der Waals surface area contributed by atoms with E-state index in [0.717, 1.165) is 78.9 Å². The third-order valence-electron chi connectivity index (χ3n) is 6.77. The predicted molar refractivity (Wildman–Crippen MR) is 124 cm³/mol. The first kappa shape index (κ1) is 22.2. The second-order valence-electron chi connectivity index (χ2n) is 9.33. The van der Waals surface area contributed by atoms with Crippen LogP contribution < -0.4 is 5.56 Å². The van der Waals surface area contributed by atoms with E-state index in [9.17, 15) is 4.79 Å². The molecular formula is C24H32N6O3. The zero-order valence-corrected chi connectivity index (χ0v) is 19.4. The Balaban J connectivity index is 1.40. The number of nitrogens with one attached hydrogen (secondary N) is 1. The summed E-state index contributed by atoms with van der Waals surface area (Å²) in [6, 6.07) is 6.18. The number of aromatic nitrogens is 5. The third-order valence-corrected chi connectivity index (χ3v) is 6.77. The highest BCUT2D eigenvalue weighted by atomic mass is 16.5. The number of rotatable bonds is 8. The van der Waals surface area contributed by atoms with Gasteiger partial charge in [0.25, 0.3) is 5.56 Å². The van der Waals surface area contributed by atoms with Crippen LogP contribution in [0.5, 0.6) is 0 Å². The van der Waals surface area contributed by atoms with Crippen molar-refractivity contribution >= 4 is 10.9 Å². The van der Waals surface area contributed by atoms with Crippen molar-refractivity contribution in [3.05, 3.63) is 51.1 Å². The fraction of sp³-hybridized carbons (Fsp3) is 0.583. The van der Waals surface area contributed by atoms with Gasteiger partial charge in [-0.2, -0.15) is 0 Å². The van der Waals surface area contributed by atoms with Crippen LogP contribution in [0.1, 0.15) is 48.2 Å². The van der Waals surface area contributed by atoms with Crippen LogP contribution in [0.25, 0.3) is 10.9 Å². The minimum Gasteiger partial charge on any atom is -0.377 e. The molecule has 5 rings (SSSR count). The van der Waals surface area contributed by atoms with Gasteiger partial charge in [0.2, 0.25) is 0 Å². The Labute approximate surface area is 193 Å². The van der Waals surface area contributed by atoms with E-state index in [-0.39, 0.29) is 17.8 Å². The highest BCUT2D eigenvalue weighted by Gasteiger charge is 2.24. The molecule has 9 nitrogen and oxygen atoms in total. The SMILES string of the molecule is Cc1ccc(C)c2[nH]c(=O)c(CN(Cc3nnnn3CC3CCCO3)CC3CCCO3)cc12. The molecule has 33 heavy (non-hydrogen) atoms. The van der Waals surface area contributed by atoms with Gasteiger partial charge in [0, 0.05) is 37.3 Å². The molecule has 0 amide bonds. The minimum absolute atomic E-state index is 0.0486. The number of H-pyrrole nitrogens is 1. The molecule has 0 aliphatic carbocycles. The number of fused-ring (bicyclic) bond motifs is 1. The first-order valence-corrected chi connectivity index (χ1v) is 11.9. The van der Waals surface area contributed by atoms with Gasteiger partial charge in [0.05, 0.1) is 30.8 Å². The Morgan fingerprint density at radius 1 is 1.09 bits per heavy atom. The summed E-state index contributed by atoms with van der Waals surface area (Å²) in [6.07, 6.45) is 4.54. The molecule has 0 saturated carbocycles. The van der Waals surface area contributed by atoms with Gasteiger partial charge in [0.1, 0.15) is 0 Å². The highest BCUT2D eigenvalue weighted by molar-refractivity contribution is 5.85. The molecule has 2 unspecified atom stereocenters. The average molecular weight is 453 g/mol. The quantitative estimate of drug-likeness (QED) is 0.561. The number of aryl methyl sites for hydroxylation is 2. The van der Waals surface area contributed by atoms with E-state index in [4.69, 9.17) is 9.47 Å². The zero-order chi connectivity index (χ0) is 22.8. The lowest BCUT2D eigenvalue weighted by atomic mass is 10.0. The number of aromatic amines is 1. The van der Waals surface area contributed by atoms with E-state index in [0.29, 0.717) is 19.6 Å². The smallest absolute Gasteiger partial charge is 0.252 e. The summed E-state index contributed by atoms with van der Waals surface area (Å²) in [5.41, 5.74) is 3.83. The van der Waals surface area contributed by atoms with Crippen LogP contribution in [-0.2, 0) is 29.1 Å². The predicted octanol–water partition coefficient (Wildman–Crippen LogP) is 2.49. The van der Waals surface area contributed by atoms with Crippen molar-refractivity contribution in [2.45, 2.75) is 71.4 Å². The van der Waals surface area contributed by atoms with Crippen molar-refractivity contribution in [3.63, 3.8) is 0 Å². The summed E-state index contributed by atoms with van der Waals surface area (Å²) in [4.78, 5) is 18.3. The van der Waals surface area contributed by atoms with E-state index >= 15 is 0 Å². The third kappa shape index (κ3) is 5.00. The van der Waals surface area contributed by atoms with Gasteiger partial charge < -0.3 is 14.5 Å². The Morgan fingerprint density at radius 2 is 1.85 bits per heavy atom. The second kappa shape index (κ2) is 9.70. The molecule has 1 N–H and O–H groups in total. The molecule has 0 radical (unpaired) electrons. The fourth-order valence-corrected chi connectivity index (χ4v) is 4.90. The van der Waals surface area contributed by atoms with Gasteiger partial charge in [-0.1, -0.05) is 12.1 Å². The molecule has 4 heterocycles. The van der Waals surface area contributed by atoms with Crippen LogP contribution in [0.3, 0.4) is 0 Å². The number of ether oxygens (including phenoxy) is 2. The molecule has 1 aromatic carbocycles. The van der Waals surface area contributed by atoms with Gasteiger partial charge in [-0.15, -0.1) is 5.10 Å². The van der Waals surface area contributed by atoms with Crippen molar-refractivity contribution < 1.29 is 9.47 Å². The molecular weight excluding hydrogens is 420 g/mol. The number of hydrogen-bond donors (Lipinski definition) is 1. The number of benzene rings is 1. The Hall–Kier alpha value is -2.62. The monoisotopic (exact) mass is 452 g/mol. The van der Waals surface area contributed by atoms with Crippen molar-refractivity contribution in [2.24, 2.45) is 0 Å². The Morgan fingerprint density at radius 3 is 2.61 bits per heavy atom. The summed E-state index contributed by atoms with van der Waals surface area (Å²) in [5, 5.41) is 13.5. The molecule has 2 aromatic heterocycles. The maximum Gasteiger partial charge on any atom is 0.252 e. The summed E-state index contributed by atoms with van der Waals surface area (Å²) >= 11 is 0. The molecule has 2 aliphatic heterocycles. The maximum atomic E-state index is 13.0. The molecule has 3 aromatic rings. The largest absolute Gasteiger partial charge is 0.377 e. The van der Waals surface area contributed by atoms with Gasteiger partial charge in [-0.05, 0) is 67.2 Å². The van der Waals surface area contributed by atoms with Crippen molar-refractivity contribution in [2.75, 3.05) is 19.8 Å². The van der Waals surface area contributed by atoms with Gasteiger partial charge in [0.15, 0.2) is 5.82 Å². The summed E-state index contributed by atoms with van der Waals surface area (Å²) in [7, 11) is 0. The Kier molecular flexibility index (Phi) is 6.52. The topological polar surface area (TPSA) is 98.2 Å². The lowest BCUT2D eigenvalue weighted by Crippen LogP contribution is -2.34.